The number of carbonyl (C=O) groups excluding carboxylic acids is 1. The highest BCUT2D eigenvalue weighted by molar-refractivity contribution is 9.10. The van der Waals surface area contributed by atoms with Crippen molar-refractivity contribution < 1.29 is 9.21 Å². The highest BCUT2D eigenvalue weighted by Crippen LogP contribution is 2.22. The van der Waals surface area contributed by atoms with Crippen LogP contribution in [0.5, 0.6) is 0 Å². The van der Waals surface area contributed by atoms with Gasteiger partial charge in [-0.05, 0) is 29.8 Å². The van der Waals surface area contributed by atoms with Gasteiger partial charge in [0.2, 0.25) is 5.91 Å². The number of hydrogen-bond donors (Lipinski definition) is 1. The van der Waals surface area contributed by atoms with Gasteiger partial charge in [0.1, 0.15) is 0 Å². The van der Waals surface area contributed by atoms with E-state index < -0.39 is 0 Å². The van der Waals surface area contributed by atoms with Gasteiger partial charge < -0.3 is 9.73 Å². The first kappa shape index (κ1) is 15.2. The number of nitrogens with one attached hydrogen (secondary N) is 1. The van der Waals surface area contributed by atoms with E-state index in [4.69, 9.17) is 4.42 Å². The lowest BCUT2D eigenvalue weighted by molar-refractivity contribution is -0.111. The maximum absolute atomic E-state index is 12.0. The number of amides is 1. The fourth-order valence-corrected chi connectivity index (χ4v) is 2.49. The molecule has 0 bridgehead atoms. The van der Waals surface area contributed by atoms with E-state index in [1.165, 1.54) is 12.5 Å². The van der Waals surface area contributed by atoms with Crippen molar-refractivity contribution in [3.63, 3.8) is 0 Å². The fraction of sp³-hybridized carbons (Fsp3) is 0. The van der Waals surface area contributed by atoms with E-state index in [1.807, 2.05) is 48.5 Å². The molecule has 0 atom stereocenters. The lowest BCUT2D eigenvalue weighted by atomic mass is 10.1. The zero-order chi connectivity index (χ0) is 16.1. The maximum Gasteiger partial charge on any atom is 0.248 e. The quantitative estimate of drug-likeness (QED) is 0.675. The van der Waals surface area contributed by atoms with Crippen molar-refractivity contribution in [1.82, 2.24) is 4.98 Å². The second kappa shape index (κ2) is 7.07. The van der Waals surface area contributed by atoms with E-state index in [-0.39, 0.29) is 5.91 Å². The number of anilines is 1. The summed E-state index contributed by atoms with van der Waals surface area (Å²) in [7, 11) is 0. The minimum absolute atomic E-state index is 0.199. The van der Waals surface area contributed by atoms with E-state index in [1.54, 1.807) is 12.3 Å². The van der Waals surface area contributed by atoms with Crippen molar-refractivity contribution >= 4 is 33.6 Å². The van der Waals surface area contributed by atoms with E-state index in [9.17, 15) is 4.79 Å². The number of nitrogens with zero attached hydrogens (tertiary/aromatic N) is 1. The van der Waals surface area contributed by atoms with Crippen LogP contribution in [0, 0.1) is 0 Å². The molecule has 0 unspecified atom stereocenters. The second-order valence-electron chi connectivity index (χ2n) is 4.79. The minimum atomic E-state index is -0.199. The molecule has 0 aliphatic rings. The van der Waals surface area contributed by atoms with Crippen LogP contribution in [0.2, 0.25) is 0 Å². The van der Waals surface area contributed by atoms with Crippen LogP contribution in [-0.2, 0) is 4.79 Å². The summed E-state index contributed by atoms with van der Waals surface area (Å²) >= 11 is 3.45. The van der Waals surface area contributed by atoms with Gasteiger partial charge in [0.05, 0.1) is 6.20 Å². The molecule has 1 aromatic heterocycles. The number of halogens is 1. The number of rotatable bonds is 4. The summed E-state index contributed by atoms with van der Waals surface area (Å²) in [6, 6.07) is 15.1. The van der Waals surface area contributed by atoms with Gasteiger partial charge in [0.25, 0.3) is 0 Å². The number of benzene rings is 2. The molecule has 1 heterocycles. The number of hydrogen-bond acceptors (Lipinski definition) is 3. The van der Waals surface area contributed by atoms with Crippen molar-refractivity contribution in [3.8, 4) is 11.3 Å². The molecule has 5 heteroatoms. The Labute approximate surface area is 142 Å². The monoisotopic (exact) mass is 368 g/mol. The van der Waals surface area contributed by atoms with Gasteiger partial charge >= 0.3 is 0 Å². The molecule has 0 aliphatic heterocycles. The molecule has 1 N–H and O–H groups in total. The van der Waals surface area contributed by atoms with E-state index in [0.29, 0.717) is 11.4 Å². The Morgan fingerprint density at radius 3 is 2.83 bits per heavy atom. The topological polar surface area (TPSA) is 55.1 Å². The van der Waals surface area contributed by atoms with Crippen LogP contribution in [0.25, 0.3) is 17.4 Å². The largest absolute Gasteiger partial charge is 0.444 e. The second-order valence-corrected chi connectivity index (χ2v) is 5.64. The molecule has 3 aromatic rings. The minimum Gasteiger partial charge on any atom is -0.444 e. The van der Waals surface area contributed by atoms with Gasteiger partial charge in [-0.1, -0.05) is 46.3 Å². The van der Waals surface area contributed by atoms with Crippen LogP contribution in [0.15, 0.2) is 76.1 Å². The molecule has 0 radical (unpaired) electrons. The summed E-state index contributed by atoms with van der Waals surface area (Å²) in [4.78, 5) is 15.9. The first-order chi connectivity index (χ1) is 11.2. The van der Waals surface area contributed by atoms with Gasteiger partial charge in [0, 0.05) is 21.8 Å². The van der Waals surface area contributed by atoms with Gasteiger partial charge in [-0.15, -0.1) is 0 Å². The van der Waals surface area contributed by atoms with Gasteiger partial charge in [-0.3, -0.25) is 4.79 Å². The summed E-state index contributed by atoms with van der Waals surface area (Å²) in [6.07, 6.45) is 6.27. The average molecular weight is 369 g/mol. The lowest BCUT2D eigenvalue weighted by Gasteiger charge is -2.04. The zero-order valence-electron chi connectivity index (χ0n) is 12.1. The fourth-order valence-electron chi connectivity index (χ4n) is 2.07. The summed E-state index contributed by atoms with van der Waals surface area (Å²) in [5, 5.41) is 2.83. The van der Waals surface area contributed by atoms with Crippen LogP contribution in [-0.4, -0.2) is 10.9 Å². The van der Waals surface area contributed by atoms with E-state index >= 15 is 0 Å². The third kappa shape index (κ3) is 3.96. The van der Waals surface area contributed by atoms with Crippen LogP contribution < -0.4 is 5.32 Å². The standard InChI is InChI=1S/C18H13BrN2O2/c19-16-7-2-1-4-13(16)8-9-18(22)21-15-6-3-5-14(10-15)17-11-20-12-23-17/h1-12H,(H,21,22)/b9-8+. The normalized spacial score (nSPS) is 10.8. The predicted molar refractivity (Wildman–Crippen MR) is 93.7 cm³/mol. The third-order valence-corrected chi connectivity index (χ3v) is 3.89. The molecule has 2 aromatic carbocycles. The molecule has 0 saturated carbocycles. The Kier molecular flexibility index (Phi) is 4.68. The highest BCUT2D eigenvalue weighted by atomic mass is 79.9. The molecule has 0 spiro atoms. The first-order valence-corrected chi connectivity index (χ1v) is 7.74. The summed E-state index contributed by atoms with van der Waals surface area (Å²) in [5.74, 6) is 0.459. The van der Waals surface area contributed by atoms with Crippen molar-refractivity contribution in [2.24, 2.45) is 0 Å². The molecule has 0 aliphatic carbocycles. The zero-order valence-corrected chi connectivity index (χ0v) is 13.7. The Hall–Kier alpha value is -2.66. The van der Waals surface area contributed by atoms with Crippen molar-refractivity contribution in [1.29, 1.82) is 0 Å². The van der Waals surface area contributed by atoms with Crippen LogP contribution >= 0.6 is 15.9 Å². The Bertz CT molecular complexity index is 842. The average Bonchev–Trinajstić information content (AvgIpc) is 3.09. The van der Waals surface area contributed by atoms with Crippen LogP contribution in [0.1, 0.15) is 5.56 Å². The third-order valence-electron chi connectivity index (χ3n) is 3.17. The summed E-state index contributed by atoms with van der Waals surface area (Å²) < 4.78 is 6.20. The molecule has 4 nitrogen and oxygen atoms in total. The maximum atomic E-state index is 12.0. The molecule has 3 rings (SSSR count). The molecule has 0 saturated heterocycles. The number of carbonyl (C=O) groups is 1. The lowest BCUT2D eigenvalue weighted by Crippen LogP contribution is -2.07. The Morgan fingerprint density at radius 1 is 1.17 bits per heavy atom. The summed E-state index contributed by atoms with van der Waals surface area (Å²) in [5.41, 5.74) is 2.49. The van der Waals surface area contributed by atoms with Crippen molar-refractivity contribution in [3.05, 3.63) is 77.2 Å². The SMILES string of the molecule is O=C(/C=C/c1ccccc1Br)Nc1cccc(-c2cnco2)c1. The van der Waals surface area contributed by atoms with Gasteiger partial charge in [-0.2, -0.15) is 0 Å². The Balaban J connectivity index is 1.71. The van der Waals surface area contributed by atoms with Gasteiger partial charge in [-0.25, -0.2) is 4.98 Å². The van der Waals surface area contributed by atoms with E-state index in [2.05, 4.69) is 26.2 Å². The number of aromatic nitrogens is 1. The first-order valence-electron chi connectivity index (χ1n) is 6.95. The predicted octanol–water partition coefficient (Wildman–Crippen LogP) is 4.76. The Morgan fingerprint density at radius 2 is 2.04 bits per heavy atom. The highest BCUT2D eigenvalue weighted by Gasteiger charge is 2.04. The van der Waals surface area contributed by atoms with Gasteiger partial charge in [0.15, 0.2) is 12.2 Å². The molecular formula is C18H13BrN2O2. The van der Waals surface area contributed by atoms with Crippen molar-refractivity contribution in [2.45, 2.75) is 0 Å². The molecular weight excluding hydrogens is 356 g/mol. The molecule has 114 valence electrons. The van der Waals surface area contributed by atoms with Crippen LogP contribution in [0.3, 0.4) is 0 Å². The van der Waals surface area contributed by atoms with Crippen LogP contribution in [0.4, 0.5) is 5.69 Å². The number of oxazole rings is 1. The smallest absolute Gasteiger partial charge is 0.248 e. The van der Waals surface area contributed by atoms with E-state index in [0.717, 1.165) is 15.6 Å². The van der Waals surface area contributed by atoms with Crippen molar-refractivity contribution in [2.75, 3.05) is 5.32 Å². The molecule has 0 fully saturated rings. The summed E-state index contributed by atoms with van der Waals surface area (Å²) in [6.45, 7) is 0. The molecule has 23 heavy (non-hydrogen) atoms. The molecule has 1 amide bonds.